The Bertz CT molecular complexity index is 142. The zero-order valence-electron chi connectivity index (χ0n) is 8.34. The van der Waals surface area contributed by atoms with E-state index in [1.165, 1.54) is 19.3 Å². The highest BCUT2D eigenvalue weighted by atomic mass is 14.9. The molecule has 1 heteroatoms. The van der Waals surface area contributed by atoms with E-state index >= 15 is 0 Å². The summed E-state index contributed by atoms with van der Waals surface area (Å²) in [4.78, 5) is 0. The first-order valence-electron chi connectivity index (χ1n) is 5.08. The van der Waals surface area contributed by atoms with E-state index < -0.39 is 0 Å². The lowest BCUT2D eigenvalue weighted by molar-refractivity contribution is 0.234. The molecule has 0 saturated heterocycles. The number of hydrogen-bond donors (Lipinski definition) is 1. The Labute approximate surface area is 76.2 Å². The fraction of sp³-hybridized carbons (Fsp3) is 0.818. The molecule has 1 nitrogen and oxygen atoms in total. The average molecular weight is 167 g/mol. The zero-order chi connectivity index (χ0) is 8.97. The smallest absolute Gasteiger partial charge is 0.0134 e. The van der Waals surface area contributed by atoms with Crippen LogP contribution in [0, 0.1) is 11.8 Å². The molecule has 0 aromatic rings. The predicted molar refractivity (Wildman–Crippen MR) is 54.2 cm³/mol. The second-order valence-electron chi connectivity index (χ2n) is 4.20. The number of rotatable bonds is 3. The molecule has 0 aliphatic heterocycles. The van der Waals surface area contributed by atoms with Crippen LogP contribution < -0.4 is 5.32 Å². The van der Waals surface area contributed by atoms with Crippen LogP contribution in [0.25, 0.3) is 0 Å². The second kappa shape index (κ2) is 4.66. The summed E-state index contributed by atoms with van der Waals surface area (Å²) >= 11 is 0. The summed E-state index contributed by atoms with van der Waals surface area (Å²) in [5, 5.41) is 3.53. The maximum absolute atomic E-state index is 3.73. The minimum atomic E-state index is 0.728. The van der Waals surface area contributed by atoms with Crippen molar-refractivity contribution in [3.63, 3.8) is 0 Å². The van der Waals surface area contributed by atoms with Crippen molar-refractivity contribution < 1.29 is 0 Å². The van der Waals surface area contributed by atoms with Crippen molar-refractivity contribution in [2.75, 3.05) is 6.54 Å². The van der Waals surface area contributed by atoms with Crippen molar-refractivity contribution >= 4 is 0 Å². The Hall–Kier alpha value is -0.300. The molecule has 1 fully saturated rings. The molecular formula is C11H21N. The SMILES string of the molecule is C=CCNC1CC(C)CCC1C. The van der Waals surface area contributed by atoms with Gasteiger partial charge in [-0.2, -0.15) is 0 Å². The number of nitrogens with one attached hydrogen (secondary N) is 1. The van der Waals surface area contributed by atoms with Gasteiger partial charge in [0, 0.05) is 12.6 Å². The Morgan fingerprint density at radius 3 is 2.83 bits per heavy atom. The first-order chi connectivity index (χ1) is 5.74. The molecule has 0 heterocycles. The molecule has 1 N–H and O–H groups in total. The molecule has 3 atom stereocenters. The van der Waals surface area contributed by atoms with Gasteiger partial charge >= 0.3 is 0 Å². The predicted octanol–water partition coefficient (Wildman–Crippen LogP) is 2.59. The van der Waals surface area contributed by atoms with Crippen LogP contribution in [0.2, 0.25) is 0 Å². The summed E-state index contributed by atoms with van der Waals surface area (Å²) in [5.74, 6) is 1.75. The Kier molecular flexibility index (Phi) is 3.80. The summed E-state index contributed by atoms with van der Waals surface area (Å²) < 4.78 is 0. The maximum atomic E-state index is 3.73. The summed E-state index contributed by atoms with van der Waals surface area (Å²) in [6, 6.07) is 0.728. The monoisotopic (exact) mass is 167 g/mol. The quantitative estimate of drug-likeness (QED) is 0.637. The third kappa shape index (κ3) is 2.63. The molecule has 70 valence electrons. The molecule has 1 aliphatic carbocycles. The average Bonchev–Trinajstić information content (AvgIpc) is 2.07. The molecule has 0 radical (unpaired) electrons. The van der Waals surface area contributed by atoms with Crippen LogP contribution in [0.1, 0.15) is 33.1 Å². The molecule has 0 amide bonds. The van der Waals surface area contributed by atoms with E-state index in [-0.39, 0.29) is 0 Å². The maximum Gasteiger partial charge on any atom is 0.0134 e. The third-order valence-corrected chi connectivity index (χ3v) is 2.98. The van der Waals surface area contributed by atoms with Crippen LogP contribution in [0.15, 0.2) is 12.7 Å². The lowest BCUT2D eigenvalue weighted by atomic mass is 9.80. The van der Waals surface area contributed by atoms with Gasteiger partial charge in [-0.25, -0.2) is 0 Å². The van der Waals surface area contributed by atoms with E-state index in [0.717, 1.165) is 24.4 Å². The van der Waals surface area contributed by atoms with Crippen LogP contribution >= 0.6 is 0 Å². The molecule has 12 heavy (non-hydrogen) atoms. The van der Waals surface area contributed by atoms with Crippen molar-refractivity contribution in [1.29, 1.82) is 0 Å². The van der Waals surface area contributed by atoms with Crippen LogP contribution in [-0.4, -0.2) is 12.6 Å². The fourth-order valence-corrected chi connectivity index (χ4v) is 2.05. The van der Waals surface area contributed by atoms with Crippen molar-refractivity contribution in [3.05, 3.63) is 12.7 Å². The fourth-order valence-electron chi connectivity index (χ4n) is 2.05. The van der Waals surface area contributed by atoms with Gasteiger partial charge in [0.25, 0.3) is 0 Å². The van der Waals surface area contributed by atoms with E-state index in [0.29, 0.717) is 0 Å². The van der Waals surface area contributed by atoms with E-state index in [1.54, 1.807) is 0 Å². The molecule has 0 spiro atoms. The van der Waals surface area contributed by atoms with E-state index in [4.69, 9.17) is 0 Å². The Morgan fingerprint density at radius 2 is 2.17 bits per heavy atom. The van der Waals surface area contributed by atoms with Gasteiger partial charge < -0.3 is 5.32 Å². The third-order valence-electron chi connectivity index (χ3n) is 2.98. The van der Waals surface area contributed by atoms with Crippen molar-refractivity contribution in [1.82, 2.24) is 5.32 Å². The van der Waals surface area contributed by atoms with Gasteiger partial charge in [0.15, 0.2) is 0 Å². The van der Waals surface area contributed by atoms with Gasteiger partial charge in [0.2, 0.25) is 0 Å². The number of hydrogen-bond acceptors (Lipinski definition) is 1. The Morgan fingerprint density at radius 1 is 1.42 bits per heavy atom. The molecule has 3 unspecified atom stereocenters. The minimum Gasteiger partial charge on any atom is -0.310 e. The van der Waals surface area contributed by atoms with Gasteiger partial charge in [-0.05, 0) is 24.7 Å². The van der Waals surface area contributed by atoms with Crippen molar-refractivity contribution in [2.45, 2.75) is 39.2 Å². The lowest BCUT2D eigenvalue weighted by Gasteiger charge is -2.33. The van der Waals surface area contributed by atoms with Gasteiger partial charge in [-0.1, -0.05) is 26.3 Å². The molecule has 1 rings (SSSR count). The molecule has 1 saturated carbocycles. The zero-order valence-corrected chi connectivity index (χ0v) is 8.34. The second-order valence-corrected chi connectivity index (χ2v) is 4.20. The lowest BCUT2D eigenvalue weighted by Crippen LogP contribution is -2.39. The van der Waals surface area contributed by atoms with E-state index in [2.05, 4.69) is 25.7 Å². The molecule has 1 aliphatic rings. The van der Waals surface area contributed by atoms with Crippen molar-refractivity contribution in [2.24, 2.45) is 11.8 Å². The van der Waals surface area contributed by atoms with Crippen LogP contribution in [0.4, 0.5) is 0 Å². The van der Waals surface area contributed by atoms with Gasteiger partial charge in [0.05, 0.1) is 0 Å². The summed E-state index contributed by atoms with van der Waals surface area (Å²) in [5.41, 5.74) is 0. The molecule has 0 aromatic heterocycles. The first-order valence-corrected chi connectivity index (χ1v) is 5.08. The van der Waals surface area contributed by atoms with Crippen LogP contribution in [0.5, 0.6) is 0 Å². The normalized spacial score (nSPS) is 36.3. The van der Waals surface area contributed by atoms with Gasteiger partial charge in [-0.15, -0.1) is 6.58 Å². The van der Waals surface area contributed by atoms with E-state index in [1.807, 2.05) is 6.08 Å². The molecular weight excluding hydrogens is 146 g/mol. The minimum absolute atomic E-state index is 0.728. The highest BCUT2D eigenvalue weighted by molar-refractivity contribution is 4.83. The molecule has 0 bridgehead atoms. The first kappa shape index (κ1) is 9.79. The molecule has 0 aromatic carbocycles. The standard InChI is InChI=1S/C11H21N/c1-4-7-12-11-8-9(2)5-6-10(11)3/h4,9-12H,1,5-8H2,2-3H3. The summed E-state index contributed by atoms with van der Waals surface area (Å²) in [7, 11) is 0. The summed E-state index contributed by atoms with van der Waals surface area (Å²) in [6.07, 6.45) is 6.09. The summed E-state index contributed by atoms with van der Waals surface area (Å²) in [6.45, 7) is 9.40. The van der Waals surface area contributed by atoms with E-state index in [9.17, 15) is 0 Å². The van der Waals surface area contributed by atoms with Crippen molar-refractivity contribution in [3.8, 4) is 0 Å². The van der Waals surface area contributed by atoms with Gasteiger partial charge in [-0.3, -0.25) is 0 Å². The van der Waals surface area contributed by atoms with Crippen LogP contribution in [0.3, 0.4) is 0 Å². The highest BCUT2D eigenvalue weighted by Crippen LogP contribution is 2.28. The van der Waals surface area contributed by atoms with Crippen LogP contribution in [-0.2, 0) is 0 Å². The highest BCUT2D eigenvalue weighted by Gasteiger charge is 2.24. The topological polar surface area (TPSA) is 12.0 Å². The van der Waals surface area contributed by atoms with Gasteiger partial charge in [0.1, 0.15) is 0 Å². The Balaban J connectivity index is 2.32. The largest absolute Gasteiger partial charge is 0.310 e.